The van der Waals surface area contributed by atoms with Crippen molar-refractivity contribution in [3.8, 4) is 11.5 Å². The molecule has 0 saturated carbocycles. The third-order valence-corrected chi connectivity index (χ3v) is 6.43. The van der Waals surface area contributed by atoms with E-state index in [2.05, 4.69) is 4.98 Å². The molecule has 2 heterocycles. The Hall–Kier alpha value is -3.92. The minimum absolute atomic E-state index is 0.0587. The zero-order valence-corrected chi connectivity index (χ0v) is 20.4. The maximum absolute atomic E-state index is 12.7. The normalized spacial score (nSPS) is 15.1. The molecule has 0 spiro atoms. The van der Waals surface area contributed by atoms with Crippen molar-refractivity contribution in [3.63, 3.8) is 0 Å². The number of carbonyl (C=O) groups excluding carboxylic acids is 3. The Morgan fingerprint density at radius 3 is 2.69 bits per heavy atom. The van der Waals surface area contributed by atoms with Crippen molar-refractivity contribution < 1.29 is 28.6 Å². The summed E-state index contributed by atoms with van der Waals surface area (Å²) < 4.78 is 16.1. The molecule has 0 bridgehead atoms. The van der Waals surface area contributed by atoms with Gasteiger partial charge in [-0.15, -0.1) is 11.3 Å². The van der Waals surface area contributed by atoms with Crippen LogP contribution >= 0.6 is 11.3 Å². The van der Waals surface area contributed by atoms with Gasteiger partial charge in [-0.25, -0.2) is 4.98 Å². The number of carbonyl (C=O) groups is 3. The summed E-state index contributed by atoms with van der Waals surface area (Å²) in [5.74, 6) is -0.245. The summed E-state index contributed by atoms with van der Waals surface area (Å²) in [7, 11) is 3.09. The van der Waals surface area contributed by atoms with Gasteiger partial charge in [-0.3, -0.25) is 19.3 Å². The zero-order valence-electron chi connectivity index (χ0n) is 19.6. The van der Waals surface area contributed by atoms with Gasteiger partial charge in [-0.05, 0) is 24.3 Å². The number of hydrogen-bond acceptors (Lipinski definition) is 8. The number of methoxy groups -OCH3 is 2. The number of hydrogen-bond donors (Lipinski definition) is 0. The second-order valence-corrected chi connectivity index (χ2v) is 8.70. The first-order valence-electron chi connectivity index (χ1n) is 10.9. The van der Waals surface area contributed by atoms with Gasteiger partial charge in [0.15, 0.2) is 5.13 Å². The standard InChI is InChI=1S/C25H25N3O6S/c1-16(29)28(21-9-4-5-10-22(21)33-3)25-26-18(15-35-25)14-34-24(31)17-11-23(30)27(13-17)19-7-6-8-20(12-19)32-2/h4-10,12,15,17H,11,13-14H2,1-3H3. The number of para-hydroxylation sites is 2. The molecule has 9 nitrogen and oxygen atoms in total. The molecule has 1 atom stereocenters. The molecule has 1 saturated heterocycles. The van der Waals surface area contributed by atoms with E-state index < -0.39 is 11.9 Å². The molecule has 2 aromatic carbocycles. The number of anilines is 3. The Bertz CT molecular complexity index is 1240. The molecule has 1 unspecified atom stereocenters. The number of amides is 2. The highest BCUT2D eigenvalue weighted by Crippen LogP contribution is 2.35. The van der Waals surface area contributed by atoms with Crippen LogP contribution in [0.15, 0.2) is 53.9 Å². The Balaban J connectivity index is 1.41. The van der Waals surface area contributed by atoms with E-state index in [9.17, 15) is 14.4 Å². The van der Waals surface area contributed by atoms with Gasteiger partial charge in [-0.2, -0.15) is 0 Å². The second-order valence-electron chi connectivity index (χ2n) is 7.86. The number of ether oxygens (including phenoxy) is 3. The summed E-state index contributed by atoms with van der Waals surface area (Å²) in [6.45, 7) is 1.62. The summed E-state index contributed by atoms with van der Waals surface area (Å²) in [5.41, 5.74) is 1.76. The van der Waals surface area contributed by atoms with Crippen LogP contribution in [-0.4, -0.2) is 43.5 Å². The first-order valence-corrected chi connectivity index (χ1v) is 11.8. The van der Waals surface area contributed by atoms with Crippen LogP contribution in [0.25, 0.3) is 0 Å². The topological polar surface area (TPSA) is 98.3 Å². The molecular formula is C25H25N3O6S. The predicted molar refractivity (Wildman–Crippen MR) is 131 cm³/mol. The van der Waals surface area contributed by atoms with E-state index >= 15 is 0 Å². The smallest absolute Gasteiger partial charge is 0.311 e. The summed E-state index contributed by atoms with van der Waals surface area (Å²) in [6.07, 6.45) is 0.0737. The monoisotopic (exact) mass is 495 g/mol. The first-order chi connectivity index (χ1) is 16.9. The van der Waals surface area contributed by atoms with Crippen molar-refractivity contribution in [1.82, 2.24) is 4.98 Å². The Morgan fingerprint density at radius 2 is 1.94 bits per heavy atom. The molecule has 0 aliphatic carbocycles. The highest BCUT2D eigenvalue weighted by Gasteiger charge is 2.36. The average molecular weight is 496 g/mol. The second kappa shape index (κ2) is 10.6. The van der Waals surface area contributed by atoms with Gasteiger partial charge in [0.25, 0.3) is 0 Å². The lowest BCUT2D eigenvalue weighted by atomic mass is 10.1. The van der Waals surface area contributed by atoms with Crippen LogP contribution in [0.4, 0.5) is 16.5 Å². The quantitative estimate of drug-likeness (QED) is 0.437. The van der Waals surface area contributed by atoms with Gasteiger partial charge >= 0.3 is 5.97 Å². The van der Waals surface area contributed by atoms with Gasteiger partial charge in [0.05, 0.1) is 31.5 Å². The van der Waals surface area contributed by atoms with E-state index in [-0.39, 0.29) is 31.4 Å². The fourth-order valence-electron chi connectivity index (χ4n) is 3.84. The van der Waals surface area contributed by atoms with Crippen LogP contribution < -0.4 is 19.3 Å². The van der Waals surface area contributed by atoms with E-state index in [0.29, 0.717) is 33.7 Å². The van der Waals surface area contributed by atoms with E-state index in [1.807, 2.05) is 12.1 Å². The van der Waals surface area contributed by atoms with Gasteiger partial charge in [0.2, 0.25) is 11.8 Å². The molecule has 3 aromatic rings. The highest BCUT2D eigenvalue weighted by molar-refractivity contribution is 7.14. The molecule has 0 radical (unpaired) electrons. The first kappa shape index (κ1) is 24.2. The van der Waals surface area contributed by atoms with Crippen molar-refractivity contribution in [2.45, 2.75) is 20.0 Å². The van der Waals surface area contributed by atoms with Crippen molar-refractivity contribution in [1.29, 1.82) is 0 Å². The largest absolute Gasteiger partial charge is 0.497 e. The number of benzene rings is 2. The SMILES string of the molecule is COc1cccc(N2CC(C(=O)OCc3csc(N(C(C)=O)c4ccccc4OC)n3)CC2=O)c1. The van der Waals surface area contributed by atoms with Gasteiger partial charge in [0, 0.05) is 37.0 Å². The molecule has 0 N–H and O–H groups in total. The fraction of sp³-hybridized carbons (Fsp3) is 0.280. The number of thiazole rings is 1. The van der Waals surface area contributed by atoms with Gasteiger partial charge in [0.1, 0.15) is 18.1 Å². The van der Waals surface area contributed by atoms with Crippen LogP contribution in [0, 0.1) is 5.92 Å². The Kier molecular flexibility index (Phi) is 7.31. The Morgan fingerprint density at radius 1 is 1.14 bits per heavy atom. The van der Waals surface area contributed by atoms with Crippen molar-refractivity contribution in [2.24, 2.45) is 5.92 Å². The predicted octanol–water partition coefficient (Wildman–Crippen LogP) is 3.94. The van der Waals surface area contributed by atoms with Crippen LogP contribution in [0.3, 0.4) is 0 Å². The molecular weight excluding hydrogens is 470 g/mol. The van der Waals surface area contributed by atoms with Crippen LogP contribution in [0.5, 0.6) is 11.5 Å². The molecule has 35 heavy (non-hydrogen) atoms. The summed E-state index contributed by atoms with van der Waals surface area (Å²) in [4.78, 5) is 45.1. The van der Waals surface area contributed by atoms with Crippen LogP contribution in [0.2, 0.25) is 0 Å². The maximum Gasteiger partial charge on any atom is 0.311 e. The van der Waals surface area contributed by atoms with Crippen molar-refractivity contribution in [3.05, 3.63) is 59.6 Å². The molecule has 182 valence electrons. The zero-order chi connectivity index (χ0) is 24.9. The number of aromatic nitrogens is 1. The third kappa shape index (κ3) is 5.27. The fourth-order valence-corrected chi connectivity index (χ4v) is 4.71. The van der Waals surface area contributed by atoms with Crippen LogP contribution in [0.1, 0.15) is 19.0 Å². The Labute approximate surface area is 206 Å². The highest BCUT2D eigenvalue weighted by atomic mass is 32.1. The molecule has 4 rings (SSSR count). The maximum atomic E-state index is 12.7. The average Bonchev–Trinajstić information content (AvgIpc) is 3.49. The van der Waals surface area contributed by atoms with E-state index in [1.165, 1.54) is 30.3 Å². The summed E-state index contributed by atoms with van der Waals surface area (Å²) >= 11 is 1.26. The molecule has 1 aliphatic rings. The number of esters is 1. The molecule has 1 aromatic heterocycles. The van der Waals surface area contributed by atoms with E-state index in [1.54, 1.807) is 53.8 Å². The molecule has 1 aliphatic heterocycles. The third-order valence-electron chi connectivity index (χ3n) is 5.56. The lowest BCUT2D eigenvalue weighted by molar-refractivity contribution is -0.149. The number of rotatable bonds is 8. The lowest BCUT2D eigenvalue weighted by Gasteiger charge is -2.20. The van der Waals surface area contributed by atoms with E-state index in [4.69, 9.17) is 14.2 Å². The van der Waals surface area contributed by atoms with Crippen LogP contribution in [-0.2, 0) is 25.7 Å². The minimum atomic E-state index is -0.575. The van der Waals surface area contributed by atoms with E-state index in [0.717, 1.165) is 0 Å². The summed E-state index contributed by atoms with van der Waals surface area (Å²) in [6, 6.07) is 14.3. The van der Waals surface area contributed by atoms with Crippen molar-refractivity contribution >= 4 is 45.6 Å². The van der Waals surface area contributed by atoms with Gasteiger partial charge in [-0.1, -0.05) is 18.2 Å². The molecule has 10 heteroatoms. The van der Waals surface area contributed by atoms with Gasteiger partial charge < -0.3 is 19.1 Å². The lowest BCUT2D eigenvalue weighted by Crippen LogP contribution is -2.26. The minimum Gasteiger partial charge on any atom is -0.497 e. The molecule has 2 amide bonds. The molecule has 1 fully saturated rings. The number of nitrogens with zero attached hydrogens (tertiary/aromatic N) is 3. The summed E-state index contributed by atoms with van der Waals surface area (Å²) in [5, 5.41) is 2.17. The van der Waals surface area contributed by atoms with Crippen molar-refractivity contribution in [2.75, 3.05) is 30.6 Å².